The zero-order chi connectivity index (χ0) is 13.2. The Bertz CT molecular complexity index is 624. The van der Waals surface area contributed by atoms with Crippen molar-refractivity contribution in [1.29, 1.82) is 0 Å². The van der Waals surface area contributed by atoms with Gasteiger partial charge in [-0.05, 0) is 31.2 Å². The number of rotatable bonds is 3. The average molecular weight is 293 g/mol. The van der Waals surface area contributed by atoms with Crippen LogP contribution in [-0.4, -0.2) is 28.7 Å². The SMILES string of the molecule is CNC(=O)CSc1ncnc2sc3c(c12)CCCC3. The van der Waals surface area contributed by atoms with Crippen molar-refractivity contribution in [1.82, 2.24) is 15.3 Å². The molecule has 0 saturated carbocycles. The third-order valence-electron chi connectivity index (χ3n) is 3.34. The van der Waals surface area contributed by atoms with E-state index in [4.69, 9.17) is 0 Å². The van der Waals surface area contributed by atoms with Gasteiger partial charge in [0, 0.05) is 17.3 Å². The Morgan fingerprint density at radius 2 is 2.26 bits per heavy atom. The minimum atomic E-state index is 0.0286. The second kappa shape index (κ2) is 5.46. The van der Waals surface area contributed by atoms with Crippen molar-refractivity contribution in [3.63, 3.8) is 0 Å². The largest absolute Gasteiger partial charge is 0.358 e. The molecule has 0 fully saturated rings. The fourth-order valence-electron chi connectivity index (χ4n) is 2.38. The number of nitrogens with one attached hydrogen (secondary N) is 1. The minimum Gasteiger partial charge on any atom is -0.358 e. The number of nitrogens with zero attached hydrogens (tertiary/aromatic N) is 2. The highest BCUT2D eigenvalue weighted by molar-refractivity contribution is 8.00. The molecular weight excluding hydrogens is 278 g/mol. The quantitative estimate of drug-likeness (QED) is 0.697. The van der Waals surface area contributed by atoms with Gasteiger partial charge in [-0.3, -0.25) is 4.79 Å². The number of hydrogen-bond acceptors (Lipinski definition) is 5. The Balaban J connectivity index is 1.99. The number of aromatic nitrogens is 2. The van der Waals surface area contributed by atoms with Crippen LogP contribution in [-0.2, 0) is 17.6 Å². The molecule has 3 rings (SSSR count). The van der Waals surface area contributed by atoms with Crippen molar-refractivity contribution in [2.24, 2.45) is 0 Å². The van der Waals surface area contributed by atoms with Gasteiger partial charge in [-0.1, -0.05) is 11.8 Å². The molecule has 0 saturated heterocycles. The van der Waals surface area contributed by atoms with Crippen LogP contribution < -0.4 is 5.32 Å². The van der Waals surface area contributed by atoms with E-state index in [1.54, 1.807) is 24.7 Å². The molecule has 0 aliphatic heterocycles. The van der Waals surface area contributed by atoms with Crippen LogP contribution in [0.5, 0.6) is 0 Å². The second-order valence-corrected chi connectivity index (χ2v) is 6.58. The summed E-state index contributed by atoms with van der Waals surface area (Å²) in [5.74, 6) is 0.439. The lowest BCUT2D eigenvalue weighted by atomic mass is 9.97. The molecule has 2 aromatic rings. The minimum absolute atomic E-state index is 0.0286. The van der Waals surface area contributed by atoms with Crippen molar-refractivity contribution in [2.75, 3.05) is 12.8 Å². The Kier molecular flexibility index (Phi) is 3.70. The summed E-state index contributed by atoms with van der Waals surface area (Å²) in [5.41, 5.74) is 1.42. The topological polar surface area (TPSA) is 54.9 Å². The Morgan fingerprint density at radius 3 is 3.11 bits per heavy atom. The van der Waals surface area contributed by atoms with Crippen molar-refractivity contribution >= 4 is 39.2 Å². The molecule has 0 unspecified atom stereocenters. The Hall–Kier alpha value is -1.14. The molecule has 6 heteroatoms. The lowest BCUT2D eigenvalue weighted by Crippen LogP contribution is -2.19. The van der Waals surface area contributed by atoms with Gasteiger partial charge in [0.05, 0.1) is 5.75 Å². The third kappa shape index (κ3) is 2.47. The van der Waals surface area contributed by atoms with E-state index in [2.05, 4.69) is 15.3 Å². The van der Waals surface area contributed by atoms with E-state index in [9.17, 15) is 4.79 Å². The van der Waals surface area contributed by atoms with Crippen LogP contribution in [0.1, 0.15) is 23.3 Å². The summed E-state index contributed by atoms with van der Waals surface area (Å²) >= 11 is 3.29. The van der Waals surface area contributed by atoms with Crippen LogP contribution in [0.25, 0.3) is 10.2 Å². The molecule has 0 radical (unpaired) electrons. The zero-order valence-corrected chi connectivity index (χ0v) is 12.4. The van der Waals surface area contributed by atoms with Gasteiger partial charge in [-0.25, -0.2) is 9.97 Å². The first-order chi connectivity index (χ1) is 9.29. The molecule has 4 nitrogen and oxygen atoms in total. The van der Waals surface area contributed by atoms with Crippen molar-refractivity contribution < 1.29 is 4.79 Å². The number of fused-ring (bicyclic) bond motifs is 3. The zero-order valence-electron chi connectivity index (χ0n) is 10.7. The van der Waals surface area contributed by atoms with Crippen molar-refractivity contribution in [3.05, 3.63) is 16.8 Å². The maximum Gasteiger partial charge on any atom is 0.230 e. The number of aryl methyl sites for hydroxylation is 2. The highest BCUT2D eigenvalue weighted by atomic mass is 32.2. The molecule has 1 aliphatic rings. The Morgan fingerprint density at radius 1 is 1.42 bits per heavy atom. The first-order valence-electron chi connectivity index (χ1n) is 6.38. The number of amides is 1. The van der Waals surface area contributed by atoms with Crippen LogP contribution in [0, 0.1) is 0 Å². The first kappa shape index (κ1) is 12.9. The molecule has 1 N–H and O–H groups in total. The second-order valence-electron chi connectivity index (χ2n) is 4.53. The average Bonchev–Trinajstić information content (AvgIpc) is 2.83. The number of carbonyl (C=O) groups is 1. The van der Waals surface area contributed by atoms with Gasteiger partial charge in [0.25, 0.3) is 0 Å². The fraction of sp³-hybridized carbons (Fsp3) is 0.462. The molecule has 0 aromatic carbocycles. The predicted molar refractivity (Wildman–Crippen MR) is 78.8 cm³/mol. The molecule has 0 atom stereocenters. The van der Waals surface area contributed by atoms with E-state index in [1.165, 1.54) is 40.4 Å². The van der Waals surface area contributed by atoms with E-state index in [0.29, 0.717) is 5.75 Å². The van der Waals surface area contributed by atoms with Crippen LogP contribution >= 0.6 is 23.1 Å². The lowest BCUT2D eigenvalue weighted by Gasteiger charge is -2.11. The van der Waals surface area contributed by atoms with Crippen molar-refractivity contribution in [3.8, 4) is 0 Å². The maximum absolute atomic E-state index is 11.4. The van der Waals surface area contributed by atoms with Gasteiger partial charge >= 0.3 is 0 Å². The number of hydrogen-bond donors (Lipinski definition) is 1. The van der Waals surface area contributed by atoms with Crippen LogP contribution in [0.4, 0.5) is 0 Å². The van der Waals surface area contributed by atoms with E-state index >= 15 is 0 Å². The summed E-state index contributed by atoms with van der Waals surface area (Å²) < 4.78 is 0. The molecular formula is C13H15N3OS2. The number of carbonyl (C=O) groups excluding carboxylic acids is 1. The van der Waals surface area contributed by atoms with Gasteiger partial charge in [-0.15, -0.1) is 11.3 Å². The van der Waals surface area contributed by atoms with E-state index < -0.39 is 0 Å². The summed E-state index contributed by atoms with van der Waals surface area (Å²) in [5, 5.41) is 4.78. The van der Waals surface area contributed by atoms with Crippen LogP contribution in [0.2, 0.25) is 0 Å². The highest BCUT2D eigenvalue weighted by Crippen LogP contribution is 2.39. The highest BCUT2D eigenvalue weighted by Gasteiger charge is 2.20. The standard InChI is InChI=1S/C13H15N3OS2/c1-14-10(17)6-18-12-11-8-4-2-3-5-9(8)19-13(11)16-7-15-12/h7H,2-6H2,1H3,(H,14,17). The number of thioether (sulfide) groups is 1. The normalized spacial score (nSPS) is 14.4. The monoisotopic (exact) mass is 293 g/mol. The molecule has 2 aromatic heterocycles. The van der Waals surface area contributed by atoms with Crippen molar-refractivity contribution in [2.45, 2.75) is 30.7 Å². The summed E-state index contributed by atoms with van der Waals surface area (Å²) in [7, 11) is 1.66. The maximum atomic E-state index is 11.4. The summed E-state index contributed by atoms with van der Waals surface area (Å²) in [6, 6.07) is 0. The Labute approximate surface area is 120 Å². The molecule has 1 amide bonds. The lowest BCUT2D eigenvalue weighted by molar-refractivity contribution is -0.118. The molecule has 0 spiro atoms. The van der Waals surface area contributed by atoms with Crippen LogP contribution in [0.3, 0.4) is 0 Å². The molecule has 19 heavy (non-hydrogen) atoms. The van der Waals surface area contributed by atoms with Gasteiger partial charge < -0.3 is 5.32 Å². The predicted octanol–water partition coefficient (Wildman–Crippen LogP) is 2.41. The fourth-order valence-corrected chi connectivity index (χ4v) is 4.57. The molecule has 0 bridgehead atoms. The van der Waals surface area contributed by atoms with Crippen LogP contribution in [0.15, 0.2) is 11.4 Å². The summed E-state index contributed by atoms with van der Waals surface area (Å²) in [4.78, 5) is 22.7. The molecule has 100 valence electrons. The molecule has 2 heterocycles. The van der Waals surface area contributed by atoms with Gasteiger partial charge in [0.1, 0.15) is 16.2 Å². The number of thiophene rings is 1. The van der Waals surface area contributed by atoms with E-state index in [-0.39, 0.29) is 5.91 Å². The van der Waals surface area contributed by atoms with E-state index in [0.717, 1.165) is 22.7 Å². The smallest absolute Gasteiger partial charge is 0.230 e. The van der Waals surface area contributed by atoms with Gasteiger partial charge in [0.2, 0.25) is 5.91 Å². The van der Waals surface area contributed by atoms with Gasteiger partial charge in [0.15, 0.2) is 0 Å². The summed E-state index contributed by atoms with van der Waals surface area (Å²) in [6.45, 7) is 0. The molecule has 1 aliphatic carbocycles. The summed E-state index contributed by atoms with van der Waals surface area (Å²) in [6.07, 6.45) is 6.41. The van der Waals surface area contributed by atoms with Gasteiger partial charge in [-0.2, -0.15) is 0 Å². The van der Waals surface area contributed by atoms with E-state index in [1.807, 2.05) is 0 Å². The first-order valence-corrected chi connectivity index (χ1v) is 8.18. The third-order valence-corrected chi connectivity index (χ3v) is 5.52.